The third-order valence-electron chi connectivity index (χ3n) is 1.85. The van der Waals surface area contributed by atoms with E-state index in [9.17, 15) is 9.59 Å². The van der Waals surface area contributed by atoms with Gasteiger partial charge in [-0.2, -0.15) is 0 Å². The van der Waals surface area contributed by atoms with Gasteiger partial charge in [-0.15, -0.1) is 11.8 Å². The third kappa shape index (κ3) is 4.37. The van der Waals surface area contributed by atoms with Crippen molar-refractivity contribution in [1.82, 2.24) is 0 Å². The number of benzene rings is 1. The van der Waals surface area contributed by atoms with Gasteiger partial charge < -0.3 is 4.74 Å². The van der Waals surface area contributed by atoms with Gasteiger partial charge in [-0.3, -0.25) is 9.59 Å². The molecule has 0 heterocycles. The quantitative estimate of drug-likeness (QED) is 0.619. The molecular formula is C11H11BrO3S. The zero-order valence-corrected chi connectivity index (χ0v) is 11.1. The summed E-state index contributed by atoms with van der Waals surface area (Å²) >= 11 is 4.56. The Hall–Kier alpha value is -0.810. The number of rotatable bonds is 5. The Morgan fingerprint density at radius 1 is 1.25 bits per heavy atom. The predicted octanol–water partition coefficient (Wildman–Crippen LogP) is 2.54. The molecule has 0 radical (unpaired) electrons. The Labute approximate surface area is 107 Å². The molecule has 5 heteroatoms. The zero-order valence-electron chi connectivity index (χ0n) is 8.73. The van der Waals surface area contributed by atoms with Crippen LogP contribution in [-0.2, 0) is 9.53 Å². The average Bonchev–Trinajstić information content (AvgIpc) is 2.29. The van der Waals surface area contributed by atoms with Gasteiger partial charge in [-0.05, 0) is 12.1 Å². The lowest BCUT2D eigenvalue weighted by molar-refractivity contribution is -0.137. The maximum absolute atomic E-state index is 11.6. The molecule has 0 amide bonds. The Morgan fingerprint density at radius 3 is 2.44 bits per heavy atom. The SMILES string of the molecule is COC(=O)CSCC(=O)c1ccc(Br)cc1. The minimum absolute atomic E-state index is 0.0152. The molecule has 1 aromatic rings. The summed E-state index contributed by atoms with van der Waals surface area (Å²) in [4.78, 5) is 22.5. The minimum Gasteiger partial charge on any atom is -0.468 e. The number of hydrogen-bond acceptors (Lipinski definition) is 4. The molecule has 0 aliphatic heterocycles. The molecule has 0 spiro atoms. The third-order valence-corrected chi connectivity index (χ3v) is 3.28. The molecule has 0 aromatic heterocycles. The molecule has 1 rings (SSSR count). The number of methoxy groups -OCH3 is 1. The molecule has 3 nitrogen and oxygen atoms in total. The van der Waals surface area contributed by atoms with E-state index in [1.54, 1.807) is 12.1 Å². The van der Waals surface area contributed by atoms with Crippen molar-refractivity contribution in [2.45, 2.75) is 0 Å². The van der Waals surface area contributed by atoms with Crippen LogP contribution >= 0.6 is 27.7 Å². The van der Waals surface area contributed by atoms with Gasteiger partial charge in [0.05, 0.1) is 18.6 Å². The Kier molecular flexibility index (Phi) is 5.55. The van der Waals surface area contributed by atoms with Gasteiger partial charge >= 0.3 is 5.97 Å². The first-order valence-electron chi connectivity index (χ1n) is 4.57. The molecule has 0 aliphatic rings. The van der Waals surface area contributed by atoms with E-state index in [1.807, 2.05) is 12.1 Å². The van der Waals surface area contributed by atoms with Gasteiger partial charge in [0.1, 0.15) is 0 Å². The summed E-state index contributed by atoms with van der Waals surface area (Å²) in [6.45, 7) is 0. The normalized spacial score (nSPS) is 9.88. The van der Waals surface area contributed by atoms with Crippen LogP contribution in [0.3, 0.4) is 0 Å². The largest absolute Gasteiger partial charge is 0.468 e. The second-order valence-corrected chi connectivity index (χ2v) is 4.90. The van der Waals surface area contributed by atoms with Gasteiger partial charge in [0.2, 0.25) is 0 Å². The standard InChI is InChI=1S/C11H11BrO3S/c1-15-11(14)7-16-6-10(13)8-2-4-9(12)5-3-8/h2-5H,6-7H2,1H3. The highest BCUT2D eigenvalue weighted by Crippen LogP contribution is 2.13. The van der Waals surface area contributed by atoms with Crippen molar-refractivity contribution in [2.75, 3.05) is 18.6 Å². The van der Waals surface area contributed by atoms with Gasteiger partial charge in [-0.25, -0.2) is 0 Å². The van der Waals surface area contributed by atoms with Crippen molar-refractivity contribution in [2.24, 2.45) is 0 Å². The van der Waals surface area contributed by atoms with Gasteiger partial charge in [0, 0.05) is 10.0 Å². The lowest BCUT2D eigenvalue weighted by atomic mass is 10.2. The van der Waals surface area contributed by atoms with Crippen LogP contribution in [0, 0.1) is 0 Å². The van der Waals surface area contributed by atoms with E-state index < -0.39 is 0 Å². The van der Waals surface area contributed by atoms with Gasteiger partial charge in [0.25, 0.3) is 0 Å². The molecule has 0 N–H and O–H groups in total. The predicted molar refractivity (Wildman–Crippen MR) is 67.8 cm³/mol. The van der Waals surface area contributed by atoms with Crippen molar-refractivity contribution >= 4 is 39.4 Å². The fourth-order valence-electron chi connectivity index (χ4n) is 1.01. The summed E-state index contributed by atoms with van der Waals surface area (Å²) in [5.74, 6) is 0.199. The summed E-state index contributed by atoms with van der Waals surface area (Å²) in [6.07, 6.45) is 0. The summed E-state index contributed by atoms with van der Waals surface area (Å²) in [5.41, 5.74) is 0.653. The number of carbonyl (C=O) groups excluding carboxylic acids is 2. The monoisotopic (exact) mass is 302 g/mol. The fourth-order valence-corrected chi connectivity index (χ4v) is 2.01. The first kappa shape index (κ1) is 13.3. The van der Waals surface area contributed by atoms with Crippen LogP contribution in [0.5, 0.6) is 0 Å². The number of ketones is 1. The number of ether oxygens (including phenoxy) is 1. The number of carbonyl (C=O) groups is 2. The number of thioether (sulfide) groups is 1. The number of halogens is 1. The van der Waals surface area contributed by atoms with Crippen LogP contribution in [0.15, 0.2) is 28.7 Å². The summed E-state index contributed by atoms with van der Waals surface area (Å²) in [5, 5.41) is 0. The number of esters is 1. The summed E-state index contributed by atoms with van der Waals surface area (Å²) < 4.78 is 5.41. The van der Waals surface area contributed by atoms with Crippen LogP contribution in [0.25, 0.3) is 0 Å². The molecule has 0 bridgehead atoms. The van der Waals surface area contributed by atoms with Crippen LogP contribution in [-0.4, -0.2) is 30.4 Å². The van der Waals surface area contributed by atoms with E-state index in [0.717, 1.165) is 4.47 Å². The van der Waals surface area contributed by atoms with Gasteiger partial charge in [-0.1, -0.05) is 28.1 Å². The van der Waals surface area contributed by atoms with Gasteiger partial charge in [0.15, 0.2) is 5.78 Å². The summed E-state index contributed by atoms with van der Waals surface area (Å²) in [6, 6.07) is 7.15. The molecule has 0 aliphatic carbocycles. The maximum Gasteiger partial charge on any atom is 0.315 e. The topological polar surface area (TPSA) is 43.4 Å². The molecule has 0 fully saturated rings. The minimum atomic E-state index is -0.311. The summed E-state index contributed by atoms with van der Waals surface area (Å²) in [7, 11) is 1.33. The first-order valence-corrected chi connectivity index (χ1v) is 6.51. The highest BCUT2D eigenvalue weighted by molar-refractivity contribution is 9.10. The Bertz CT molecular complexity index is 375. The van der Waals surface area contributed by atoms with E-state index >= 15 is 0 Å². The van der Waals surface area contributed by atoms with Crippen molar-refractivity contribution < 1.29 is 14.3 Å². The number of Topliss-reactive ketones (excluding diaryl/α,β-unsaturated/α-hetero) is 1. The maximum atomic E-state index is 11.6. The van der Waals surface area contributed by atoms with E-state index in [1.165, 1.54) is 18.9 Å². The molecule has 16 heavy (non-hydrogen) atoms. The van der Waals surface area contributed by atoms with Crippen molar-refractivity contribution in [3.05, 3.63) is 34.3 Å². The smallest absolute Gasteiger partial charge is 0.315 e. The Balaban J connectivity index is 2.41. The second kappa shape index (κ2) is 6.70. The first-order chi connectivity index (χ1) is 7.63. The highest BCUT2D eigenvalue weighted by atomic mass is 79.9. The molecule has 1 aromatic carbocycles. The molecule has 0 saturated carbocycles. The highest BCUT2D eigenvalue weighted by Gasteiger charge is 2.07. The molecular weight excluding hydrogens is 292 g/mol. The van der Waals surface area contributed by atoms with E-state index in [4.69, 9.17) is 0 Å². The van der Waals surface area contributed by atoms with Crippen molar-refractivity contribution in [1.29, 1.82) is 0 Å². The number of hydrogen-bond donors (Lipinski definition) is 0. The van der Waals surface area contributed by atoms with E-state index in [2.05, 4.69) is 20.7 Å². The lowest BCUT2D eigenvalue weighted by Gasteiger charge is -2.01. The molecule has 0 atom stereocenters. The average molecular weight is 303 g/mol. The zero-order chi connectivity index (χ0) is 12.0. The van der Waals surface area contributed by atoms with Crippen molar-refractivity contribution in [3.63, 3.8) is 0 Å². The van der Waals surface area contributed by atoms with Crippen LogP contribution < -0.4 is 0 Å². The van der Waals surface area contributed by atoms with E-state index in [0.29, 0.717) is 5.56 Å². The second-order valence-electron chi connectivity index (χ2n) is 3.00. The fraction of sp³-hybridized carbons (Fsp3) is 0.273. The van der Waals surface area contributed by atoms with E-state index in [-0.39, 0.29) is 23.3 Å². The molecule has 0 unspecified atom stereocenters. The van der Waals surface area contributed by atoms with Crippen LogP contribution in [0.1, 0.15) is 10.4 Å². The van der Waals surface area contributed by atoms with Crippen molar-refractivity contribution in [3.8, 4) is 0 Å². The molecule has 86 valence electrons. The van der Waals surface area contributed by atoms with Crippen LogP contribution in [0.4, 0.5) is 0 Å². The van der Waals surface area contributed by atoms with Crippen LogP contribution in [0.2, 0.25) is 0 Å². The Morgan fingerprint density at radius 2 is 1.88 bits per heavy atom. The molecule has 0 saturated heterocycles. The lowest BCUT2D eigenvalue weighted by Crippen LogP contribution is -2.08.